The number of aryl methyl sites for hydroxylation is 2. The van der Waals surface area contributed by atoms with Crippen LogP contribution in [0.5, 0.6) is 10.9 Å². The normalized spacial score (nSPS) is 15.7. The maximum Gasteiger partial charge on any atom is 0.298 e. The van der Waals surface area contributed by atoms with Crippen molar-refractivity contribution in [1.29, 1.82) is 0 Å². The van der Waals surface area contributed by atoms with E-state index < -0.39 is 0 Å². The molecule has 5 nitrogen and oxygen atoms in total. The minimum absolute atomic E-state index is 0.0733. The third-order valence-corrected chi connectivity index (χ3v) is 5.11. The molecule has 2 aromatic rings. The van der Waals surface area contributed by atoms with Crippen LogP contribution in [0.1, 0.15) is 57.0 Å². The number of likely N-dealkylation sites (tertiary alicyclic amines) is 1. The summed E-state index contributed by atoms with van der Waals surface area (Å²) in [5.41, 5.74) is 3.07. The lowest BCUT2D eigenvalue weighted by Crippen LogP contribution is -2.28. The molecular formula is C20H28N4OS. The van der Waals surface area contributed by atoms with Crippen LogP contribution < -0.4 is 4.74 Å². The van der Waals surface area contributed by atoms with Gasteiger partial charge in [-0.2, -0.15) is 9.36 Å². The maximum absolute atomic E-state index is 6.00. The van der Waals surface area contributed by atoms with Gasteiger partial charge in [-0.15, -0.1) is 0 Å². The van der Waals surface area contributed by atoms with Crippen molar-refractivity contribution < 1.29 is 4.74 Å². The molecule has 0 spiro atoms. The first-order valence-electron chi connectivity index (χ1n) is 9.24. The van der Waals surface area contributed by atoms with Crippen LogP contribution in [0.4, 0.5) is 5.69 Å². The first-order chi connectivity index (χ1) is 12.3. The van der Waals surface area contributed by atoms with Crippen LogP contribution in [0, 0.1) is 13.8 Å². The second-order valence-corrected chi connectivity index (χ2v) is 8.70. The molecule has 26 heavy (non-hydrogen) atoms. The number of benzene rings is 1. The van der Waals surface area contributed by atoms with Gasteiger partial charge in [0.25, 0.3) is 5.19 Å². The first kappa shape index (κ1) is 18.8. The van der Waals surface area contributed by atoms with Gasteiger partial charge in [-0.25, -0.2) is 4.99 Å². The number of ether oxygens (including phenoxy) is 1. The molecule has 140 valence electrons. The van der Waals surface area contributed by atoms with E-state index in [4.69, 9.17) is 9.73 Å². The molecule has 0 amide bonds. The van der Waals surface area contributed by atoms with Crippen LogP contribution in [0.25, 0.3) is 0 Å². The number of nitrogens with zero attached hydrogens (tertiary/aromatic N) is 4. The molecule has 2 heterocycles. The van der Waals surface area contributed by atoms with E-state index in [1.54, 1.807) is 0 Å². The Balaban J connectivity index is 1.74. The maximum atomic E-state index is 6.00. The molecule has 0 N–H and O–H groups in total. The predicted molar refractivity (Wildman–Crippen MR) is 108 cm³/mol. The third-order valence-electron chi connectivity index (χ3n) is 4.52. The molecule has 0 saturated carbocycles. The van der Waals surface area contributed by atoms with E-state index in [-0.39, 0.29) is 5.41 Å². The fourth-order valence-corrected chi connectivity index (χ4v) is 3.58. The highest BCUT2D eigenvalue weighted by molar-refractivity contribution is 7.07. The van der Waals surface area contributed by atoms with Gasteiger partial charge in [0.05, 0.1) is 12.0 Å². The Morgan fingerprint density at radius 2 is 1.85 bits per heavy atom. The van der Waals surface area contributed by atoms with Gasteiger partial charge in [0, 0.05) is 30.0 Å². The Morgan fingerprint density at radius 1 is 1.12 bits per heavy atom. The lowest BCUT2D eigenvalue weighted by Gasteiger charge is -2.23. The molecule has 1 aromatic carbocycles. The lowest BCUT2D eigenvalue weighted by molar-refractivity contribution is 0.351. The van der Waals surface area contributed by atoms with Gasteiger partial charge < -0.3 is 9.64 Å². The van der Waals surface area contributed by atoms with Crippen LogP contribution in [-0.4, -0.2) is 33.7 Å². The van der Waals surface area contributed by atoms with E-state index in [1.165, 1.54) is 30.8 Å². The lowest BCUT2D eigenvalue weighted by atomic mass is 9.96. The van der Waals surface area contributed by atoms with Crippen LogP contribution in [0.15, 0.2) is 17.1 Å². The van der Waals surface area contributed by atoms with Gasteiger partial charge in [-0.1, -0.05) is 20.8 Å². The number of hydrogen-bond donors (Lipinski definition) is 0. The zero-order chi connectivity index (χ0) is 18.7. The Morgan fingerprint density at radius 3 is 2.50 bits per heavy atom. The molecule has 3 rings (SSSR count). The van der Waals surface area contributed by atoms with Crippen molar-refractivity contribution in [2.24, 2.45) is 4.99 Å². The second kappa shape index (κ2) is 7.74. The van der Waals surface area contributed by atoms with Gasteiger partial charge in [0.2, 0.25) is 0 Å². The van der Waals surface area contributed by atoms with Gasteiger partial charge in [-0.05, 0) is 56.4 Å². The summed E-state index contributed by atoms with van der Waals surface area (Å²) < 4.78 is 10.4. The molecule has 0 aliphatic carbocycles. The number of aliphatic imine (C=N–C) groups is 1. The van der Waals surface area contributed by atoms with E-state index in [0.29, 0.717) is 5.19 Å². The summed E-state index contributed by atoms with van der Waals surface area (Å²) in [5.74, 6) is 1.63. The molecule has 1 fully saturated rings. The summed E-state index contributed by atoms with van der Waals surface area (Å²) in [6.07, 6.45) is 5.84. The largest absolute Gasteiger partial charge is 0.430 e. The van der Waals surface area contributed by atoms with E-state index in [0.717, 1.165) is 41.5 Å². The van der Waals surface area contributed by atoms with Crippen LogP contribution >= 0.6 is 11.5 Å². The molecule has 0 atom stereocenters. The summed E-state index contributed by atoms with van der Waals surface area (Å²) in [5, 5.41) is 0.585. The summed E-state index contributed by atoms with van der Waals surface area (Å²) in [6.45, 7) is 12.6. The molecule has 1 saturated heterocycles. The summed E-state index contributed by atoms with van der Waals surface area (Å²) in [6, 6.07) is 4.12. The quantitative estimate of drug-likeness (QED) is 0.533. The van der Waals surface area contributed by atoms with E-state index in [1.807, 2.05) is 19.3 Å². The zero-order valence-corrected chi connectivity index (χ0v) is 17.2. The molecule has 1 aliphatic rings. The average Bonchev–Trinajstić information content (AvgIpc) is 3.06. The second-order valence-electron chi connectivity index (χ2n) is 7.98. The highest BCUT2D eigenvalue weighted by atomic mass is 32.1. The molecular weight excluding hydrogens is 344 g/mol. The molecule has 0 radical (unpaired) electrons. The van der Waals surface area contributed by atoms with Crippen molar-refractivity contribution in [1.82, 2.24) is 14.3 Å². The summed E-state index contributed by atoms with van der Waals surface area (Å²) in [4.78, 5) is 11.5. The van der Waals surface area contributed by atoms with Crippen LogP contribution in [-0.2, 0) is 5.41 Å². The molecule has 6 heteroatoms. The van der Waals surface area contributed by atoms with Gasteiger partial charge in [0.1, 0.15) is 5.75 Å². The van der Waals surface area contributed by atoms with E-state index in [9.17, 15) is 0 Å². The standard InChI is InChI=1S/C20H28N4OS/c1-14-12-17(25-19-22-18(23-26-19)20(3,4)5)15(2)11-16(14)21-13-24-9-7-6-8-10-24/h11-13H,6-10H2,1-5H3. The van der Waals surface area contributed by atoms with E-state index in [2.05, 4.69) is 48.0 Å². The molecule has 1 aromatic heterocycles. The highest BCUT2D eigenvalue weighted by Crippen LogP contribution is 2.33. The highest BCUT2D eigenvalue weighted by Gasteiger charge is 2.20. The van der Waals surface area contributed by atoms with Gasteiger partial charge >= 0.3 is 0 Å². The van der Waals surface area contributed by atoms with Crippen molar-refractivity contribution in [3.8, 4) is 10.9 Å². The minimum Gasteiger partial charge on any atom is -0.430 e. The number of hydrogen-bond acceptors (Lipinski definition) is 5. The first-order valence-corrected chi connectivity index (χ1v) is 10.0. The molecule has 0 bridgehead atoms. The third kappa shape index (κ3) is 4.61. The van der Waals surface area contributed by atoms with Crippen molar-refractivity contribution >= 4 is 23.6 Å². The van der Waals surface area contributed by atoms with Gasteiger partial charge in [0.15, 0.2) is 5.82 Å². The van der Waals surface area contributed by atoms with Crippen molar-refractivity contribution in [3.05, 3.63) is 29.1 Å². The molecule has 1 aliphatic heterocycles. The smallest absolute Gasteiger partial charge is 0.298 e. The van der Waals surface area contributed by atoms with Crippen molar-refractivity contribution in [3.63, 3.8) is 0 Å². The van der Waals surface area contributed by atoms with Crippen molar-refractivity contribution in [2.75, 3.05) is 13.1 Å². The fraction of sp³-hybridized carbons (Fsp3) is 0.550. The minimum atomic E-state index is -0.0733. The Bertz CT molecular complexity index is 786. The SMILES string of the molecule is Cc1cc(Oc2nc(C(C)(C)C)ns2)c(C)cc1N=CN1CCCCC1. The van der Waals surface area contributed by atoms with Crippen LogP contribution in [0.2, 0.25) is 0 Å². The zero-order valence-electron chi connectivity index (χ0n) is 16.4. The Hall–Kier alpha value is -1.95. The number of aromatic nitrogens is 2. The number of piperidine rings is 1. The summed E-state index contributed by atoms with van der Waals surface area (Å²) in [7, 11) is 0. The Labute approximate surface area is 160 Å². The van der Waals surface area contributed by atoms with Crippen LogP contribution in [0.3, 0.4) is 0 Å². The average molecular weight is 373 g/mol. The fourth-order valence-electron chi connectivity index (χ4n) is 2.85. The summed E-state index contributed by atoms with van der Waals surface area (Å²) >= 11 is 1.30. The predicted octanol–water partition coefficient (Wildman–Crippen LogP) is 5.39. The number of rotatable bonds is 4. The molecule has 0 unspecified atom stereocenters. The topological polar surface area (TPSA) is 50.6 Å². The van der Waals surface area contributed by atoms with Gasteiger partial charge in [-0.3, -0.25) is 0 Å². The Kier molecular flexibility index (Phi) is 5.61. The van der Waals surface area contributed by atoms with Crippen molar-refractivity contribution in [2.45, 2.75) is 59.3 Å². The monoisotopic (exact) mass is 372 g/mol. The van der Waals surface area contributed by atoms with E-state index >= 15 is 0 Å².